The molecule has 0 bridgehead atoms. The highest BCUT2D eigenvalue weighted by Gasteiger charge is 2.23. The summed E-state index contributed by atoms with van der Waals surface area (Å²) in [6, 6.07) is 6.32. The molecule has 0 spiro atoms. The Kier molecular flexibility index (Phi) is 4.48. The summed E-state index contributed by atoms with van der Waals surface area (Å²) < 4.78 is 2.34. The summed E-state index contributed by atoms with van der Waals surface area (Å²) in [5.41, 5.74) is 2.20. The Balaban J connectivity index is 2.01. The molecule has 21 heavy (non-hydrogen) atoms. The Bertz CT molecular complexity index is 616. The third-order valence-corrected chi connectivity index (χ3v) is 4.50. The molecule has 1 aliphatic heterocycles. The van der Waals surface area contributed by atoms with Crippen LogP contribution in [-0.2, 0) is 6.54 Å². The van der Waals surface area contributed by atoms with E-state index in [-0.39, 0.29) is 0 Å². The van der Waals surface area contributed by atoms with Crippen LogP contribution in [0.5, 0.6) is 0 Å². The van der Waals surface area contributed by atoms with Gasteiger partial charge >= 0.3 is 0 Å². The first kappa shape index (κ1) is 14.8. The van der Waals surface area contributed by atoms with Crippen LogP contribution in [0.3, 0.4) is 0 Å². The van der Waals surface area contributed by atoms with Gasteiger partial charge in [0.1, 0.15) is 5.82 Å². The number of fused-ring (bicyclic) bond motifs is 1. The first-order valence-corrected chi connectivity index (χ1v) is 8.19. The summed E-state index contributed by atoms with van der Waals surface area (Å²) in [7, 11) is 0. The average Bonchev–Trinajstić information content (AvgIpc) is 2.86. The Morgan fingerprint density at radius 2 is 2.10 bits per heavy atom. The zero-order valence-electron chi connectivity index (χ0n) is 12.8. The van der Waals surface area contributed by atoms with Crippen LogP contribution in [0.15, 0.2) is 18.2 Å². The molecule has 2 heterocycles. The predicted molar refractivity (Wildman–Crippen MR) is 87.9 cm³/mol. The molecular weight excluding hydrogens is 284 g/mol. The summed E-state index contributed by atoms with van der Waals surface area (Å²) in [6.45, 7) is 9.74. The number of piperazine rings is 1. The molecule has 5 heteroatoms. The summed E-state index contributed by atoms with van der Waals surface area (Å²) in [6.07, 6.45) is 1.10. The van der Waals surface area contributed by atoms with Crippen molar-refractivity contribution >= 4 is 22.6 Å². The zero-order chi connectivity index (χ0) is 14.8. The van der Waals surface area contributed by atoms with Gasteiger partial charge in [-0.3, -0.25) is 4.90 Å². The van der Waals surface area contributed by atoms with Gasteiger partial charge in [-0.1, -0.05) is 18.5 Å². The molecule has 1 atom stereocenters. The van der Waals surface area contributed by atoms with Crippen molar-refractivity contribution in [2.75, 3.05) is 26.2 Å². The van der Waals surface area contributed by atoms with Crippen molar-refractivity contribution in [2.24, 2.45) is 0 Å². The van der Waals surface area contributed by atoms with Crippen molar-refractivity contribution in [2.45, 2.75) is 32.9 Å². The summed E-state index contributed by atoms with van der Waals surface area (Å²) in [4.78, 5) is 7.40. The lowest BCUT2D eigenvalue weighted by atomic mass is 10.2. The SMILES string of the molecule is CCCn1c(C(C)N2CCNCC2)nc2ccc(Cl)cc21. The number of rotatable bonds is 4. The van der Waals surface area contributed by atoms with Gasteiger partial charge in [0.25, 0.3) is 0 Å². The van der Waals surface area contributed by atoms with Crippen molar-refractivity contribution in [1.29, 1.82) is 0 Å². The van der Waals surface area contributed by atoms with E-state index in [0.29, 0.717) is 6.04 Å². The van der Waals surface area contributed by atoms with E-state index < -0.39 is 0 Å². The van der Waals surface area contributed by atoms with Crippen molar-refractivity contribution in [3.8, 4) is 0 Å². The second-order valence-electron chi connectivity index (χ2n) is 5.72. The summed E-state index contributed by atoms with van der Waals surface area (Å²) >= 11 is 6.17. The van der Waals surface area contributed by atoms with Crippen LogP contribution in [0.4, 0.5) is 0 Å². The summed E-state index contributed by atoms with van der Waals surface area (Å²) in [5, 5.41) is 4.19. The number of aryl methyl sites for hydroxylation is 1. The molecular formula is C16H23ClN4. The van der Waals surface area contributed by atoms with Crippen LogP contribution in [0.2, 0.25) is 5.02 Å². The normalized spacial score (nSPS) is 18.2. The smallest absolute Gasteiger partial charge is 0.127 e. The van der Waals surface area contributed by atoms with Gasteiger partial charge in [-0.2, -0.15) is 0 Å². The van der Waals surface area contributed by atoms with E-state index in [2.05, 4.69) is 28.6 Å². The number of aromatic nitrogens is 2. The van der Waals surface area contributed by atoms with E-state index in [1.54, 1.807) is 0 Å². The summed E-state index contributed by atoms with van der Waals surface area (Å²) in [5.74, 6) is 1.16. The van der Waals surface area contributed by atoms with Gasteiger partial charge < -0.3 is 9.88 Å². The highest BCUT2D eigenvalue weighted by molar-refractivity contribution is 6.31. The Labute approximate surface area is 131 Å². The minimum Gasteiger partial charge on any atom is -0.327 e. The molecule has 1 aromatic heterocycles. The molecule has 0 amide bonds. The molecule has 114 valence electrons. The molecule has 0 saturated carbocycles. The maximum Gasteiger partial charge on any atom is 0.127 e. The van der Waals surface area contributed by atoms with Crippen LogP contribution in [0.1, 0.15) is 32.1 Å². The number of imidazole rings is 1. The van der Waals surface area contributed by atoms with Gasteiger partial charge in [-0.25, -0.2) is 4.98 Å². The monoisotopic (exact) mass is 306 g/mol. The maximum atomic E-state index is 6.17. The second-order valence-corrected chi connectivity index (χ2v) is 6.15. The highest BCUT2D eigenvalue weighted by atomic mass is 35.5. The predicted octanol–water partition coefficient (Wildman–Crippen LogP) is 3.07. The van der Waals surface area contributed by atoms with Gasteiger partial charge in [0, 0.05) is 37.7 Å². The third-order valence-electron chi connectivity index (χ3n) is 4.26. The molecule has 1 aliphatic rings. The highest BCUT2D eigenvalue weighted by Crippen LogP contribution is 2.27. The quantitative estimate of drug-likeness (QED) is 0.942. The standard InChI is InChI=1S/C16H23ClN4/c1-3-8-21-15-11-13(17)4-5-14(15)19-16(21)12(2)20-9-6-18-7-10-20/h4-5,11-12,18H,3,6-10H2,1-2H3. The lowest BCUT2D eigenvalue weighted by Gasteiger charge is -2.32. The Morgan fingerprint density at radius 1 is 1.33 bits per heavy atom. The van der Waals surface area contributed by atoms with E-state index in [1.165, 1.54) is 0 Å². The van der Waals surface area contributed by atoms with Crippen molar-refractivity contribution < 1.29 is 0 Å². The number of nitrogens with one attached hydrogen (secondary N) is 1. The fourth-order valence-corrected chi connectivity index (χ4v) is 3.29. The molecule has 2 aromatic rings. The molecule has 4 nitrogen and oxygen atoms in total. The van der Waals surface area contributed by atoms with Gasteiger partial charge in [0.2, 0.25) is 0 Å². The molecule has 3 rings (SSSR count). The molecule has 1 saturated heterocycles. The van der Waals surface area contributed by atoms with Crippen LogP contribution in [0.25, 0.3) is 11.0 Å². The van der Waals surface area contributed by atoms with E-state index in [0.717, 1.165) is 61.0 Å². The second kappa shape index (κ2) is 6.34. The lowest BCUT2D eigenvalue weighted by Crippen LogP contribution is -2.45. The van der Waals surface area contributed by atoms with Crippen LogP contribution >= 0.6 is 11.6 Å². The van der Waals surface area contributed by atoms with Crippen molar-refractivity contribution in [3.63, 3.8) is 0 Å². The molecule has 1 unspecified atom stereocenters. The lowest BCUT2D eigenvalue weighted by molar-refractivity contribution is 0.176. The first-order valence-electron chi connectivity index (χ1n) is 7.81. The van der Waals surface area contributed by atoms with E-state index in [1.807, 2.05) is 18.2 Å². The number of halogens is 1. The topological polar surface area (TPSA) is 33.1 Å². The van der Waals surface area contributed by atoms with Gasteiger partial charge in [-0.05, 0) is 31.5 Å². The minimum atomic E-state index is 0.338. The van der Waals surface area contributed by atoms with Gasteiger partial charge in [0.15, 0.2) is 0 Å². The Morgan fingerprint density at radius 3 is 2.81 bits per heavy atom. The zero-order valence-corrected chi connectivity index (χ0v) is 13.5. The van der Waals surface area contributed by atoms with E-state index in [9.17, 15) is 0 Å². The van der Waals surface area contributed by atoms with Gasteiger partial charge in [-0.15, -0.1) is 0 Å². The van der Waals surface area contributed by atoms with Crippen molar-refractivity contribution in [1.82, 2.24) is 19.8 Å². The molecule has 0 radical (unpaired) electrons. The fourth-order valence-electron chi connectivity index (χ4n) is 3.12. The Hall–Kier alpha value is -1.10. The van der Waals surface area contributed by atoms with Crippen molar-refractivity contribution in [3.05, 3.63) is 29.0 Å². The number of hydrogen-bond acceptors (Lipinski definition) is 3. The number of benzene rings is 1. The van der Waals surface area contributed by atoms with Crippen LogP contribution < -0.4 is 5.32 Å². The van der Waals surface area contributed by atoms with Crippen LogP contribution in [0, 0.1) is 0 Å². The van der Waals surface area contributed by atoms with E-state index >= 15 is 0 Å². The largest absolute Gasteiger partial charge is 0.327 e. The number of nitrogens with zero attached hydrogens (tertiary/aromatic N) is 3. The van der Waals surface area contributed by atoms with E-state index in [4.69, 9.17) is 16.6 Å². The molecule has 0 aliphatic carbocycles. The average molecular weight is 307 g/mol. The molecule has 1 fully saturated rings. The number of hydrogen-bond donors (Lipinski definition) is 1. The minimum absolute atomic E-state index is 0.338. The third kappa shape index (κ3) is 2.93. The molecule has 1 aromatic carbocycles. The fraction of sp³-hybridized carbons (Fsp3) is 0.562. The molecule has 1 N–H and O–H groups in total. The van der Waals surface area contributed by atoms with Crippen LogP contribution in [-0.4, -0.2) is 40.6 Å². The maximum absolute atomic E-state index is 6.17. The first-order chi connectivity index (χ1) is 10.2. The van der Waals surface area contributed by atoms with Gasteiger partial charge in [0.05, 0.1) is 17.1 Å².